The number of benzene rings is 3. The molecule has 41 heavy (non-hydrogen) atoms. The minimum atomic E-state index is -4.75. The smallest absolute Gasteiger partial charge is 0.355 e. The Kier molecular flexibility index (Phi) is 10.4. The Hall–Kier alpha value is -3.57. The molecular formula is C29H31ClF3N3O4S. The average Bonchev–Trinajstić information content (AvgIpc) is 2.92. The second kappa shape index (κ2) is 13.4. The molecule has 0 aliphatic rings. The molecule has 12 heteroatoms. The highest BCUT2D eigenvalue weighted by Crippen LogP contribution is 2.33. The van der Waals surface area contributed by atoms with E-state index in [0.717, 1.165) is 17.7 Å². The molecule has 0 saturated heterocycles. The monoisotopic (exact) mass is 609 g/mol. The molecule has 0 aliphatic heterocycles. The van der Waals surface area contributed by atoms with Gasteiger partial charge in [-0.1, -0.05) is 60.5 Å². The molecule has 7 nitrogen and oxygen atoms in total. The fourth-order valence-corrected chi connectivity index (χ4v) is 5.83. The zero-order chi connectivity index (χ0) is 30.4. The third-order valence-electron chi connectivity index (χ3n) is 6.38. The van der Waals surface area contributed by atoms with Crippen LogP contribution in [0.15, 0.2) is 77.7 Å². The van der Waals surface area contributed by atoms with E-state index in [1.165, 1.54) is 23.1 Å². The first-order chi connectivity index (χ1) is 19.3. The maximum atomic E-state index is 13.9. The number of hydrogen-bond donors (Lipinski definition) is 1. The molecule has 3 aromatic carbocycles. The van der Waals surface area contributed by atoms with Gasteiger partial charge in [0.25, 0.3) is 10.0 Å². The number of aryl methyl sites for hydroxylation is 1. The first kappa shape index (κ1) is 32.0. The average molecular weight is 610 g/mol. The lowest BCUT2D eigenvalue weighted by Crippen LogP contribution is -2.52. The number of alkyl halides is 3. The van der Waals surface area contributed by atoms with E-state index in [1.54, 1.807) is 57.2 Å². The molecule has 1 N–H and O–H groups in total. The number of sulfonamides is 1. The lowest BCUT2D eigenvalue weighted by atomic mass is 10.1. The molecule has 1 atom stereocenters. The van der Waals surface area contributed by atoms with E-state index in [2.05, 4.69) is 5.32 Å². The van der Waals surface area contributed by atoms with E-state index in [4.69, 9.17) is 11.6 Å². The lowest BCUT2D eigenvalue weighted by molar-refractivity contribution is -0.140. The summed E-state index contributed by atoms with van der Waals surface area (Å²) in [5, 5.41) is 3.01. The SMILES string of the molecule is CCNC(=O)[C@H](CC)N(Cc1ccccc1Cl)C(=O)CN(c1cccc(C(F)(F)F)c1)S(=O)(=O)c1ccc(C)cc1. The van der Waals surface area contributed by atoms with Crippen molar-refractivity contribution in [1.29, 1.82) is 0 Å². The highest BCUT2D eigenvalue weighted by atomic mass is 35.5. The summed E-state index contributed by atoms with van der Waals surface area (Å²) in [6, 6.07) is 15.2. The molecular weight excluding hydrogens is 579 g/mol. The molecule has 0 spiro atoms. The summed E-state index contributed by atoms with van der Waals surface area (Å²) in [6.07, 6.45) is -4.56. The van der Waals surface area contributed by atoms with Crippen molar-refractivity contribution in [3.05, 3.63) is 94.5 Å². The maximum absolute atomic E-state index is 13.9. The second-order valence-corrected chi connectivity index (χ2v) is 11.6. The van der Waals surface area contributed by atoms with Crippen molar-refractivity contribution in [2.24, 2.45) is 0 Å². The topological polar surface area (TPSA) is 86.8 Å². The number of carbonyl (C=O) groups is 2. The van der Waals surface area contributed by atoms with E-state index in [1.807, 2.05) is 0 Å². The number of nitrogens with one attached hydrogen (secondary N) is 1. The summed E-state index contributed by atoms with van der Waals surface area (Å²) in [7, 11) is -4.51. The van der Waals surface area contributed by atoms with E-state index in [-0.39, 0.29) is 23.5 Å². The van der Waals surface area contributed by atoms with Gasteiger partial charge in [-0.3, -0.25) is 13.9 Å². The van der Waals surface area contributed by atoms with E-state index >= 15 is 0 Å². The van der Waals surface area contributed by atoms with Crippen molar-refractivity contribution < 1.29 is 31.2 Å². The normalized spacial score (nSPS) is 12.5. The van der Waals surface area contributed by atoms with Gasteiger partial charge in [-0.25, -0.2) is 8.42 Å². The number of anilines is 1. The molecule has 3 aromatic rings. The summed E-state index contributed by atoms with van der Waals surface area (Å²) >= 11 is 6.34. The van der Waals surface area contributed by atoms with Gasteiger partial charge in [0.15, 0.2) is 0 Å². The number of halogens is 4. The van der Waals surface area contributed by atoms with Crippen LogP contribution in [0.1, 0.15) is 37.0 Å². The largest absolute Gasteiger partial charge is 0.416 e. The number of hydrogen-bond acceptors (Lipinski definition) is 4. The summed E-state index contributed by atoms with van der Waals surface area (Å²) in [5.74, 6) is -1.25. The fraction of sp³-hybridized carbons (Fsp3) is 0.310. The third kappa shape index (κ3) is 7.80. The van der Waals surface area contributed by atoms with Crippen LogP contribution in [-0.4, -0.2) is 44.3 Å². The summed E-state index contributed by atoms with van der Waals surface area (Å²) in [5.41, 5.74) is -0.146. The number of rotatable bonds is 11. The van der Waals surface area contributed by atoms with E-state index < -0.39 is 46.2 Å². The molecule has 3 rings (SSSR count). The van der Waals surface area contributed by atoms with Crippen LogP contribution < -0.4 is 9.62 Å². The molecule has 0 saturated carbocycles. The Bertz CT molecular complexity index is 1480. The lowest BCUT2D eigenvalue weighted by Gasteiger charge is -2.33. The van der Waals surface area contributed by atoms with Crippen LogP contribution in [0.25, 0.3) is 0 Å². The standard InChI is InChI=1S/C29H31ClF3N3O4S/c1-4-26(28(38)34-5-2)35(18-21-9-6-7-12-25(21)30)27(37)19-36(23-11-8-10-22(17-23)29(31,32)33)41(39,40)24-15-13-20(3)14-16-24/h6-17,26H,4-5,18-19H2,1-3H3,(H,34,38)/t26-/m0/s1. The highest BCUT2D eigenvalue weighted by Gasteiger charge is 2.36. The molecule has 0 unspecified atom stereocenters. The minimum Gasteiger partial charge on any atom is -0.355 e. The zero-order valence-corrected chi connectivity index (χ0v) is 24.4. The summed E-state index contributed by atoms with van der Waals surface area (Å²) in [4.78, 5) is 27.9. The Labute approximate surface area is 243 Å². The van der Waals surface area contributed by atoms with Crippen molar-refractivity contribution in [1.82, 2.24) is 10.2 Å². The van der Waals surface area contributed by atoms with Gasteiger partial charge in [0.2, 0.25) is 11.8 Å². The van der Waals surface area contributed by atoms with Crippen molar-refractivity contribution in [3.63, 3.8) is 0 Å². The summed E-state index contributed by atoms with van der Waals surface area (Å²) < 4.78 is 69.0. The number of carbonyl (C=O) groups excluding carboxylic acids is 2. The van der Waals surface area contributed by atoms with Crippen LogP contribution in [0, 0.1) is 6.92 Å². The van der Waals surface area contributed by atoms with Gasteiger partial charge < -0.3 is 10.2 Å². The molecule has 0 bridgehead atoms. The van der Waals surface area contributed by atoms with Gasteiger partial charge in [0, 0.05) is 18.1 Å². The van der Waals surface area contributed by atoms with Crippen molar-refractivity contribution in [3.8, 4) is 0 Å². The number of amides is 2. The Morgan fingerprint density at radius 1 is 0.976 bits per heavy atom. The van der Waals surface area contributed by atoms with E-state index in [9.17, 15) is 31.2 Å². The Morgan fingerprint density at radius 2 is 1.63 bits per heavy atom. The van der Waals surface area contributed by atoms with Crippen LogP contribution >= 0.6 is 11.6 Å². The molecule has 0 radical (unpaired) electrons. The van der Waals surface area contributed by atoms with Gasteiger partial charge in [-0.15, -0.1) is 0 Å². The van der Waals surface area contributed by atoms with Crippen LogP contribution in [0.3, 0.4) is 0 Å². The van der Waals surface area contributed by atoms with Gasteiger partial charge >= 0.3 is 6.18 Å². The summed E-state index contributed by atoms with van der Waals surface area (Å²) in [6.45, 7) is 4.47. The quantitative estimate of drug-likeness (QED) is 0.297. The molecule has 0 fully saturated rings. The van der Waals surface area contributed by atoms with E-state index in [0.29, 0.717) is 27.5 Å². The highest BCUT2D eigenvalue weighted by molar-refractivity contribution is 7.92. The number of nitrogens with zero attached hydrogens (tertiary/aromatic N) is 2. The van der Waals surface area contributed by atoms with Crippen molar-refractivity contribution in [2.45, 2.75) is 50.9 Å². The first-order valence-corrected chi connectivity index (χ1v) is 14.7. The Morgan fingerprint density at radius 3 is 2.22 bits per heavy atom. The Balaban J connectivity index is 2.13. The molecule has 0 aliphatic carbocycles. The maximum Gasteiger partial charge on any atom is 0.416 e. The third-order valence-corrected chi connectivity index (χ3v) is 8.54. The fourth-order valence-electron chi connectivity index (χ4n) is 4.23. The molecule has 0 heterocycles. The van der Waals surface area contributed by atoms with Gasteiger partial charge in [-0.05, 0) is 62.2 Å². The van der Waals surface area contributed by atoms with Crippen LogP contribution in [-0.2, 0) is 32.3 Å². The van der Waals surface area contributed by atoms with Crippen LogP contribution in [0.5, 0.6) is 0 Å². The number of likely N-dealkylation sites (N-methyl/N-ethyl adjacent to an activating group) is 1. The van der Waals surface area contributed by atoms with Gasteiger partial charge in [0.1, 0.15) is 12.6 Å². The van der Waals surface area contributed by atoms with Crippen molar-refractivity contribution >= 4 is 39.1 Å². The van der Waals surface area contributed by atoms with Crippen LogP contribution in [0.2, 0.25) is 5.02 Å². The molecule has 0 aromatic heterocycles. The minimum absolute atomic E-state index is 0.130. The van der Waals surface area contributed by atoms with Gasteiger partial charge in [-0.2, -0.15) is 13.2 Å². The zero-order valence-electron chi connectivity index (χ0n) is 22.8. The molecule has 2 amide bonds. The molecule has 220 valence electrons. The predicted octanol–water partition coefficient (Wildman–Crippen LogP) is 5.81. The predicted molar refractivity (Wildman–Crippen MR) is 152 cm³/mol. The van der Waals surface area contributed by atoms with Gasteiger partial charge in [0.05, 0.1) is 16.1 Å². The first-order valence-electron chi connectivity index (χ1n) is 12.9. The van der Waals surface area contributed by atoms with Crippen molar-refractivity contribution in [2.75, 3.05) is 17.4 Å². The van der Waals surface area contributed by atoms with Crippen LogP contribution in [0.4, 0.5) is 18.9 Å². The second-order valence-electron chi connectivity index (χ2n) is 9.30.